The molecule has 4 heteroatoms. The van der Waals surface area contributed by atoms with Gasteiger partial charge in [0.15, 0.2) is 0 Å². The van der Waals surface area contributed by atoms with Gasteiger partial charge in [-0.1, -0.05) is 6.07 Å². The summed E-state index contributed by atoms with van der Waals surface area (Å²) in [6.45, 7) is 0. The lowest BCUT2D eigenvalue weighted by Gasteiger charge is -1.88. The topological polar surface area (TPSA) is 28.7 Å². The first kappa shape index (κ1) is 8.88. The van der Waals surface area contributed by atoms with E-state index in [0.717, 1.165) is 17.1 Å². The first-order valence-corrected chi connectivity index (χ1v) is 6.37. The van der Waals surface area contributed by atoms with Crippen molar-refractivity contribution in [2.45, 2.75) is 0 Å². The summed E-state index contributed by atoms with van der Waals surface area (Å²) in [4.78, 5) is 8.96. The number of aromatic amines is 1. The molecule has 0 spiro atoms. The van der Waals surface area contributed by atoms with Gasteiger partial charge in [-0.05, 0) is 22.9 Å². The molecular weight excluding hydrogens is 224 g/mol. The average molecular weight is 232 g/mol. The minimum absolute atomic E-state index is 0.944. The van der Waals surface area contributed by atoms with Gasteiger partial charge in [-0.15, -0.1) is 11.3 Å². The molecule has 0 aromatic carbocycles. The van der Waals surface area contributed by atoms with Gasteiger partial charge < -0.3 is 4.98 Å². The number of rotatable bonds is 2. The van der Waals surface area contributed by atoms with Crippen LogP contribution in [0.2, 0.25) is 0 Å². The molecule has 0 aliphatic carbocycles. The Labute approximate surface area is 95.3 Å². The molecule has 1 N–H and O–H groups in total. The van der Waals surface area contributed by atoms with Crippen LogP contribution in [0, 0.1) is 0 Å². The lowest BCUT2D eigenvalue weighted by molar-refractivity contribution is 1.32. The van der Waals surface area contributed by atoms with Gasteiger partial charge >= 0.3 is 0 Å². The summed E-state index contributed by atoms with van der Waals surface area (Å²) < 4.78 is 0. The van der Waals surface area contributed by atoms with Crippen LogP contribution < -0.4 is 0 Å². The number of nitrogens with zero attached hydrogens (tertiary/aromatic N) is 1. The molecule has 0 aliphatic heterocycles. The normalized spacial score (nSPS) is 10.7. The Bertz CT molecular complexity index is 486. The van der Waals surface area contributed by atoms with Crippen molar-refractivity contribution in [2.24, 2.45) is 0 Å². The third-order valence-corrected chi connectivity index (χ3v) is 3.72. The molecule has 3 aromatic heterocycles. The SMILES string of the molecule is c1csc(-c2c[nH]c(-c3ccsc3)n2)c1. The van der Waals surface area contributed by atoms with E-state index in [1.807, 2.05) is 12.3 Å². The predicted molar refractivity (Wildman–Crippen MR) is 65.2 cm³/mol. The quantitative estimate of drug-likeness (QED) is 0.714. The molecule has 0 saturated carbocycles. The molecular formula is C11H8N2S2. The number of hydrogen-bond donors (Lipinski definition) is 1. The van der Waals surface area contributed by atoms with Gasteiger partial charge in [0.1, 0.15) is 5.82 Å². The van der Waals surface area contributed by atoms with Crippen molar-refractivity contribution in [3.8, 4) is 22.0 Å². The maximum Gasteiger partial charge on any atom is 0.138 e. The van der Waals surface area contributed by atoms with Crippen molar-refractivity contribution in [3.05, 3.63) is 40.5 Å². The zero-order chi connectivity index (χ0) is 10.1. The summed E-state index contributed by atoms with van der Waals surface area (Å²) in [5.74, 6) is 0.944. The molecule has 0 bridgehead atoms. The van der Waals surface area contributed by atoms with Gasteiger partial charge in [0.2, 0.25) is 0 Å². The average Bonchev–Trinajstić information content (AvgIpc) is 3.02. The maximum absolute atomic E-state index is 4.56. The van der Waals surface area contributed by atoms with Crippen LogP contribution in [-0.4, -0.2) is 9.97 Å². The highest BCUT2D eigenvalue weighted by Gasteiger charge is 2.06. The fourth-order valence-corrected chi connectivity index (χ4v) is 2.75. The largest absolute Gasteiger partial charge is 0.344 e. The van der Waals surface area contributed by atoms with E-state index in [4.69, 9.17) is 0 Å². The van der Waals surface area contributed by atoms with E-state index in [9.17, 15) is 0 Å². The summed E-state index contributed by atoms with van der Waals surface area (Å²) in [7, 11) is 0. The van der Waals surface area contributed by atoms with E-state index in [-0.39, 0.29) is 0 Å². The van der Waals surface area contributed by atoms with Gasteiger partial charge in [0.05, 0.1) is 10.6 Å². The van der Waals surface area contributed by atoms with Crippen LogP contribution >= 0.6 is 22.7 Å². The second-order valence-electron chi connectivity index (χ2n) is 3.12. The molecule has 15 heavy (non-hydrogen) atoms. The molecule has 0 fully saturated rings. The highest BCUT2D eigenvalue weighted by molar-refractivity contribution is 7.13. The molecule has 0 amide bonds. The zero-order valence-electron chi connectivity index (χ0n) is 7.81. The van der Waals surface area contributed by atoms with Crippen LogP contribution in [0.25, 0.3) is 22.0 Å². The Balaban J connectivity index is 2.02. The smallest absolute Gasteiger partial charge is 0.138 e. The summed E-state index contributed by atoms with van der Waals surface area (Å²) >= 11 is 3.39. The third-order valence-electron chi connectivity index (χ3n) is 2.15. The van der Waals surface area contributed by atoms with Crippen molar-refractivity contribution in [2.75, 3.05) is 0 Å². The summed E-state index contributed by atoms with van der Waals surface area (Å²) in [6, 6.07) is 6.19. The minimum atomic E-state index is 0.944. The number of H-pyrrole nitrogens is 1. The van der Waals surface area contributed by atoms with Crippen molar-refractivity contribution < 1.29 is 0 Å². The molecule has 3 heterocycles. The number of nitrogens with one attached hydrogen (secondary N) is 1. The second-order valence-corrected chi connectivity index (χ2v) is 4.85. The number of imidazole rings is 1. The minimum Gasteiger partial charge on any atom is -0.344 e. The van der Waals surface area contributed by atoms with Gasteiger partial charge in [0, 0.05) is 17.1 Å². The molecule has 0 unspecified atom stereocenters. The highest BCUT2D eigenvalue weighted by atomic mass is 32.1. The fraction of sp³-hybridized carbons (Fsp3) is 0. The molecule has 0 radical (unpaired) electrons. The molecule has 74 valence electrons. The van der Waals surface area contributed by atoms with Crippen LogP contribution in [0.15, 0.2) is 40.5 Å². The Morgan fingerprint density at radius 2 is 2.20 bits per heavy atom. The van der Waals surface area contributed by atoms with E-state index >= 15 is 0 Å². The number of thiophene rings is 2. The van der Waals surface area contributed by atoms with Crippen LogP contribution in [0.3, 0.4) is 0 Å². The third kappa shape index (κ3) is 1.62. The summed E-state index contributed by atoms with van der Waals surface area (Å²) in [5.41, 5.74) is 2.18. The molecule has 3 aromatic rings. The van der Waals surface area contributed by atoms with E-state index in [0.29, 0.717) is 0 Å². The standard InChI is InChI=1S/C11H8N2S2/c1-2-10(15-4-1)9-6-12-11(13-9)8-3-5-14-7-8/h1-7H,(H,12,13). The monoisotopic (exact) mass is 232 g/mol. The maximum atomic E-state index is 4.56. The van der Waals surface area contributed by atoms with E-state index < -0.39 is 0 Å². The Hall–Kier alpha value is -1.39. The fourth-order valence-electron chi connectivity index (χ4n) is 1.42. The lowest BCUT2D eigenvalue weighted by Crippen LogP contribution is -1.75. The second kappa shape index (κ2) is 3.64. The van der Waals surface area contributed by atoms with Gasteiger partial charge in [-0.3, -0.25) is 0 Å². The van der Waals surface area contributed by atoms with Crippen molar-refractivity contribution in [1.82, 2.24) is 9.97 Å². The molecule has 0 aliphatic rings. The first-order valence-electron chi connectivity index (χ1n) is 4.55. The first-order chi connectivity index (χ1) is 7.43. The van der Waals surface area contributed by atoms with Crippen LogP contribution in [-0.2, 0) is 0 Å². The number of hydrogen-bond acceptors (Lipinski definition) is 3. The molecule has 0 atom stereocenters. The number of aromatic nitrogens is 2. The Morgan fingerprint density at radius 3 is 2.93 bits per heavy atom. The highest BCUT2D eigenvalue weighted by Crippen LogP contribution is 2.26. The van der Waals surface area contributed by atoms with Crippen molar-refractivity contribution >= 4 is 22.7 Å². The predicted octanol–water partition coefficient (Wildman–Crippen LogP) is 3.87. The van der Waals surface area contributed by atoms with Crippen LogP contribution in [0.4, 0.5) is 0 Å². The van der Waals surface area contributed by atoms with Gasteiger partial charge in [0.25, 0.3) is 0 Å². The van der Waals surface area contributed by atoms with Crippen LogP contribution in [0.5, 0.6) is 0 Å². The van der Waals surface area contributed by atoms with Gasteiger partial charge in [-0.25, -0.2) is 4.98 Å². The van der Waals surface area contributed by atoms with E-state index in [1.54, 1.807) is 22.7 Å². The van der Waals surface area contributed by atoms with Crippen molar-refractivity contribution in [3.63, 3.8) is 0 Å². The summed E-state index contributed by atoms with van der Waals surface area (Å²) in [6.07, 6.45) is 1.96. The molecule has 3 rings (SSSR count). The Kier molecular flexibility index (Phi) is 2.16. The van der Waals surface area contributed by atoms with Crippen molar-refractivity contribution in [1.29, 1.82) is 0 Å². The zero-order valence-corrected chi connectivity index (χ0v) is 9.44. The summed E-state index contributed by atoms with van der Waals surface area (Å²) in [5, 5.41) is 6.22. The van der Waals surface area contributed by atoms with E-state index in [2.05, 4.69) is 38.2 Å². The van der Waals surface area contributed by atoms with Gasteiger partial charge in [-0.2, -0.15) is 11.3 Å². The van der Waals surface area contributed by atoms with E-state index in [1.165, 1.54) is 4.88 Å². The molecule has 2 nitrogen and oxygen atoms in total. The Morgan fingerprint density at radius 1 is 1.20 bits per heavy atom. The molecule has 0 saturated heterocycles. The lowest BCUT2D eigenvalue weighted by atomic mass is 10.3. The van der Waals surface area contributed by atoms with Crippen LogP contribution in [0.1, 0.15) is 0 Å².